The molecule has 46 heavy (non-hydrogen) atoms. The molecule has 0 aliphatic carbocycles. The van der Waals surface area contributed by atoms with Crippen LogP contribution >= 0.6 is 11.3 Å². The van der Waals surface area contributed by atoms with E-state index in [1.807, 2.05) is 44.2 Å². The third-order valence-corrected chi connectivity index (χ3v) is 10.9. The van der Waals surface area contributed by atoms with Gasteiger partial charge in [-0.25, -0.2) is 8.42 Å². The number of rotatable bonds is 9. The first-order valence-corrected chi connectivity index (χ1v) is 18.0. The van der Waals surface area contributed by atoms with Crippen LogP contribution < -0.4 is 9.46 Å². The zero-order valence-electron chi connectivity index (χ0n) is 26.9. The molecular formula is C34H45N3O7S2. The van der Waals surface area contributed by atoms with Gasteiger partial charge in [-0.3, -0.25) is 14.3 Å². The van der Waals surface area contributed by atoms with Crippen molar-refractivity contribution in [1.82, 2.24) is 9.80 Å². The molecule has 1 aliphatic heterocycles. The van der Waals surface area contributed by atoms with E-state index in [9.17, 15) is 23.1 Å². The predicted octanol–water partition coefficient (Wildman–Crippen LogP) is 5.05. The molecule has 2 N–H and O–H groups in total. The van der Waals surface area contributed by atoms with E-state index in [-0.39, 0.29) is 59.1 Å². The minimum absolute atomic E-state index is 0.0320. The number of hydrogen-bond acceptors (Lipinski definition) is 8. The van der Waals surface area contributed by atoms with Gasteiger partial charge in [0.1, 0.15) is 9.96 Å². The number of aliphatic hydroxyl groups excluding tert-OH is 1. The lowest BCUT2D eigenvalue weighted by Gasteiger charge is -2.36. The minimum Gasteiger partial charge on any atom is -0.490 e. The Balaban J connectivity index is 1.62. The van der Waals surface area contributed by atoms with Crippen LogP contribution in [0.1, 0.15) is 56.0 Å². The fraction of sp³-hybridized carbons (Fsp3) is 0.471. The third kappa shape index (κ3) is 9.54. The summed E-state index contributed by atoms with van der Waals surface area (Å²) < 4.78 is 41.3. The molecule has 4 atom stereocenters. The number of aliphatic hydroxyl groups is 1. The minimum atomic E-state index is -3.85. The second-order valence-corrected chi connectivity index (χ2v) is 14.8. The van der Waals surface area contributed by atoms with Gasteiger partial charge in [-0.2, -0.15) is 0 Å². The molecule has 0 spiro atoms. The molecule has 3 aromatic rings. The topological polar surface area (TPSA) is 125 Å². The molecule has 10 nitrogen and oxygen atoms in total. The summed E-state index contributed by atoms with van der Waals surface area (Å²) in [5, 5.41) is 11.9. The Hall–Kier alpha value is -3.45. The number of nitrogens with one attached hydrogen (secondary N) is 1. The second-order valence-electron chi connectivity index (χ2n) is 12.0. The number of thiophene rings is 1. The number of benzene rings is 2. The van der Waals surface area contributed by atoms with Crippen LogP contribution in [0.2, 0.25) is 0 Å². The summed E-state index contributed by atoms with van der Waals surface area (Å²) in [5.74, 6) is -0.306. The van der Waals surface area contributed by atoms with Gasteiger partial charge in [-0.15, -0.1) is 11.3 Å². The normalized spacial score (nSPS) is 20.6. The SMILES string of the molecule is C[C@@H]1CCCCO[C@@H](CN(C)C(=O)Cc2ccccc2)[C@@H](C)CN([C@@H](C)CO)C(=O)c2cc(NS(=O)(=O)c3cccs3)ccc2O1. The van der Waals surface area contributed by atoms with Crippen LogP contribution in [0, 0.1) is 5.92 Å². The molecule has 2 aromatic carbocycles. The van der Waals surface area contributed by atoms with Crippen LogP contribution in [-0.4, -0.2) is 86.7 Å². The first-order chi connectivity index (χ1) is 22.0. The Bertz CT molecular complexity index is 1530. The number of carbonyl (C=O) groups excluding carboxylic acids is 2. The van der Waals surface area contributed by atoms with Crippen LogP contribution in [0.15, 0.2) is 70.3 Å². The number of anilines is 1. The van der Waals surface area contributed by atoms with Gasteiger partial charge < -0.3 is 24.4 Å². The highest BCUT2D eigenvalue weighted by atomic mass is 32.2. The van der Waals surface area contributed by atoms with E-state index >= 15 is 0 Å². The summed E-state index contributed by atoms with van der Waals surface area (Å²) in [4.78, 5) is 30.7. The van der Waals surface area contributed by atoms with Crippen molar-refractivity contribution in [3.63, 3.8) is 0 Å². The van der Waals surface area contributed by atoms with Crippen molar-refractivity contribution in [2.75, 3.05) is 38.1 Å². The number of nitrogens with zero attached hydrogens (tertiary/aromatic N) is 2. The van der Waals surface area contributed by atoms with E-state index in [0.29, 0.717) is 18.9 Å². The molecular weight excluding hydrogens is 627 g/mol. The van der Waals surface area contributed by atoms with Crippen LogP contribution in [0.3, 0.4) is 0 Å². The van der Waals surface area contributed by atoms with E-state index < -0.39 is 22.0 Å². The highest BCUT2D eigenvalue weighted by molar-refractivity contribution is 7.94. The van der Waals surface area contributed by atoms with Gasteiger partial charge in [-0.05, 0) is 68.3 Å². The first kappa shape index (κ1) is 35.4. The Morgan fingerprint density at radius 3 is 2.59 bits per heavy atom. The van der Waals surface area contributed by atoms with Crippen molar-refractivity contribution in [1.29, 1.82) is 0 Å². The van der Waals surface area contributed by atoms with Gasteiger partial charge in [0.25, 0.3) is 15.9 Å². The smallest absolute Gasteiger partial charge is 0.271 e. The molecule has 0 unspecified atom stereocenters. The maximum atomic E-state index is 14.3. The molecule has 1 aliphatic rings. The standard InChI is InChI=1S/C34H45N3O7S2/c1-24-21-37(25(2)23-38)34(40)29-20-28(35-46(41,42)33-14-10-18-45-33)15-16-30(29)44-26(3)11-8-9-17-43-31(24)22-36(4)32(39)19-27-12-6-5-7-13-27/h5-7,10,12-16,18,20,24-26,31,35,38H,8-9,11,17,19,21-23H2,1-4H3/t24-,25-,26+,31-/m0/s1. The van der Waals surface area contributed by atoms with Crippen molar-refractivity contribution in [2.24, 2.45) is 5.92 Å². The fourth-order valence-corrected chi connectivity index (χ4v) is 7.39. The van der Waals surface area contributed by atoms with E-state index in [1.165, 1.54) is 12.1 Å². The van der Waals surface area contributed by atoms with Crippen molar-refractivity contribution < 1.29 is 32.6 Å². The molecule has 4 rings (SSSR count). The van der Waals surface area contributed by atoms with E-state index in [4.69, 9.17) is 9.47 Å². The van der Waals surface area contributed by atoms with Crippen molar-refractivity contribution >= 4 is 38.9 Å². The van der Waals surface area contributed by atoms with E-state index in [0.717, 1.165) is 36.2 Å². The van der Waals surface area contributed by atoms with Gasteiger partial charge >= 0.3 is 0 Å². The zero-order valence-corrected chi connectivity index (χ0v) is 28.6. The Kier molecular flexibility index (Phi) is 12.6. The molecule has 0 fully saturated rings. The number of likely N-dealkylation sites (N-methyl/N-ethyl adjacent to an activating group) is 1. The zero-order chi connectivity index (χ0) is 33.3. The number of fused-ring (bicyclic) bond motifs is 1. The quantitative estimate of drug-likeness (QED) is 0.326. The lowest BCUT2D eigenvalue weighted by Crippen LogP contribution is -2.48. The number of amides is 2. The third-order valence-electron chi connectivity index (χ3n) is 8.14. The van der Waals surface area contributed by atoms with Crippen molar-refractivity contribution in [3.05, 3.63) is 77.2 Å². The lowest BCUT2D eigenvalue weighted by molar-refractivity contribution is -0.131. The predicted molar refractivity (Wildman–Crippen MR) is 180 cm³/mol. The molecule has 0 bridgehead atoms. The summed E-state index contributed by atoms with van der Waals surface area (Å²) in [7, 11) is -2.08. The molecule has 12 heteroatoms. The lowest BCUT2D eigenvalue weighted by atomic mass is 10.0. The molecule has 2 amide bonds. The molecule has 250 valence electrons. The molecule has 0 radical (unpaired) electrons. The summed E-state index contributed by atoms with van der Waals surface area (Å²) in [6.45, 7) is 6.44. The van der Waals surface area contributed by atoms with Gasteiger partial charge in [0.15, 0.2) is 0 Å². The maximum absolute atomic E-state index is 14.3. The summed E-state index contributed by atoms with van der Waals surface area (Å²) in [6, 6.07) is 16.9. The monoisotopic (exact) mass is 671 g/mol. The second kappa shape index (κ2) is 16.4. The van der Waals surface area contributed by atoms with Crippen LogP contribution in [0.25, 0.3) is 0 Å². The largest absolute Gasteiger partial charge is 0.490 e. The molecule has 0 saturated heterocycles. The average molecular weight is 672 g/mol. The molecule has 2 heterocycles. The highest BCUT2D eigenvalue weighted by Gasteiger charge is 2.31. The fourth-order valence-electron chi connectivity index (χ4n) is 5.35. The summed E-state index contributed by atoms with van der Waals surface area (Å²) >= 11 is 1.10. The number of ether oxygens (including phenoxy) is 2. The molecule has 1 aromatic heterocycles. The van der Waals surface area contributed by atoms with Crippen molar-refractivity contribution in [2.45, 2.75) is 68.9 Å². The molecule has 0 saturated carbocycles. The van der Waals surface area contributed by atoms with Crippen LogP contribution in [-0.2, 0) is 26.0 Å². The average Bonchev–Trinajstić information content (AvgIpc) is 3.59. The number of carbonyl (C=O) groups is 2. The van der Waals surface area contributed by atoms with E-state index in [1.54, 1.807) is 47.4 Å². The summed E-state index contributed by atoms with van der Waals surface area (Å²) in [6.07, 6.45) is 2.04. The Morgan fingerprint density at radius 2 is 1.89 bits per heavy atom. The van der Waals surface area contributed by atoms with Gasteiger partial charge in [0.2, 0.25) is 5.91 Å². The van der Waals surface area contributed by atoms with Crippen LogP contribution in [0.5, 0.6) is 5.75 Å². The van der Waals surface area contributed by atoms with Gasteiger partial charge in [0.05, 0.1) is 36.8 Å². The Morgan fingerprint density at radius 1 is 1.13 bits per heavy atom. The van der Waals surface area contributed by atoms with Gasteiger partial charge in [0, 0.05) is 38.3 Å². The Labute approximate surface area is 276 Å². The number of hydrogen-bond donors (Lipinski definition) is 2. The van der Waals surface area contributed by atoms with E-state index in [2.05, 4.69) is 4.72 Å². The summed E-state index contributed by atoms with van der Waals surface area (Å²) in [5.41, 5.74) is 1.35. The highest BCUT2D eigenvalue weighted by Crippen LogP contribution is 2.30. The van der Waals surface area contributed by atoms with Gasteiger partial charge in [-0.1, -0.05) is 43.3 Å². The maximum Gasteiger partial charge on any atom is 0.271 e. The van der Waals surface area contributed by atoms with Crippen molar-refractivity contribution in [3.8, 4) is 5.75 Å². The van der Waals surface area contributed by atoms with Crippen LogP contribution in [0.4, 0.5) is 5.69 Å². The first-order valence-electron chi connectivity index (χ1n) is 15.7. The number of sulfonamides is 1.